The van der Waals surface area contributed by atoms with Crippen molar-refractivity contribution in [3.63, 3.8) is 0 Å². The maximum Gasteiger partial charge on any atom is 0.150 e. The van der Waals surface area contributed by atoms with Gasteiger partial charge in [0.15, 0.2) is 0 Å². The molecule has 1 aromatic carbocycles. The first kappa shape index (κ1) is 19.0. The van der Waals surface area contributed by atoms with Crippen molar-refractivity contribution in [3.05, 3.63) is 40.3 Å². The third-order valence-corrected chi connectivity index (χ3v) is 6.87. The van der Waals surface area contributed by atoms with E-state index in [1.165, 1.54) is 5.69 Å². The molecule has 0 amide bonds. The summed E-state index contributed by atoms with van der Waals surface area (Å²) in [5.74, 6) is -0.00320. The number of benzene rings is 1. The van der Waals surface area contributed by atoms with E-state index in [9.17, 15) is 5.26 Å². The van der Waals surface area contributed by atoms with Crippen LogP contribution in [-0.4, -0.2) is 21.0 Å². The fourth-order valence-corrected chi connectivity index (χ4v) is 5.05. The summed E-state index contributed by atoms with van der Waals surface area (Å²) in [5, 5.41) is 16.2. The molecule has 2 unspecified atom stereocenters. The van der Waals surface area contributed by atoms with Crippen molar-refractivity contribution in [2.75, 3.05) is 6.61 Å². The minimum absolute atomic E-state index is 0.00194. The molecule has 1 saturated heterocycles. The van der Waals surface area contributed by atoms with E-state index in [1.807, 2.05) is 23.1 Å². The number of halogens is 2. The van der Waals surface area contributed by atoms with Crippen LogP contribution in [0.3, 0.4) is 0 Å². The summed E-state index contributed by atoms with van der Waals surface area (Å²) < 4.78 is 9.98. The number of fused-ring (bicyclic) bond motifs is 3. The maximum absolute atomic E-state index is 9.49. The zero-order chi connectivity index (χ0) is 20.0. The van der Waals surface area contributed by atoms with Gasteiger partial charge in [0, 0.05) is 36.0 Å². The molecule has 1 fully saturated rings. The standard InChI is InChI=1S/C22H22Cl2N4O/c23-19-9-17(15-11-26-28(13-15)20-6-1-2-7-29-20)18-8-16-5-3-4-14(10-25)12-27(16)22(18)21(19)24/h8-9,11,13-14,20H,1-7,12H2. The topological polar surface area (TPSA) is 55.8 Å². The van der Waals surface area contributed by atoms with Crippen molar-refractivity contribution in [1.29, 1.82) is 5.26 Å². The first-order valence-corrected chi connectivity index (χ1v) is 11.0. The Morgan fingerprint density at radius 1 is 1.17 bits per heavy atom. The van der Waals surface area contributed by atoms with E-state index in [2.05, 4.69) is 21.8 Å². The fraction of sp³-hybridized carbons (Fsp3) is 0.455. The fourth-order valence-electron chi connectivity index (χ4n) is 4.59. The molecule has 4 heterocycles. The third-order valence-electron chi connectivity index (χ3n) is 6.10. The van der Waals surface area contributed by atoms with Crippen molar-refractivity contribution < 1.29 is 4.74 Å². The predicted octanol–water partition coefficient (Wildman–Crippen LogP) is 5.99. The Bertz CT molecular complexity index is 1100. The van der Waals surface area contributed by atoms with Gasteiger partial charge in [-0.2, -0.15) is 10.4 Å². The van der Waals surface area contributed by atoms with Gasteiger partial charge in [-0.15, -0.1) is 0 Å². The molecule has 7 heteroatoms. The zero-order valence-corrected chi connectivity index (χ0v) is 17.6. The Hall–Kier alpha value is -2.00. The van der Waals surface area contributed by atoms with Gasteiger partial charge in [-0.1, -0.05) is 23.2 Å². The lowest BCUT2D eigenvalue weighted by Crippen LogP contribution is -2.18. The van der Waals surface area contributed by atoms with Crippen LogP contribution in [0.15, 0.2) is 24.5 Å². The van der Waals surface area contributed by atoms with Gasteiger partial charge in [-0.05, 0) is 56.2 Å². The molecule has 0 aliphatic carbocycles. The highest BCUT2D eigenvalue weighted by Gasteiger charge is 2.24. The molecule has 0 N–H and O–H groups in total. The molecule has 3 aromatic rings. The molecule has 2 aromatic heterocycles. The van der Waals surface area contributed by atoms with E-state index >= 15 is 0 Å². The first-order valence-electron chi connectivity index (χ1n) is 10.2. The third kappa shape index (κ3) is 3.34. The van der Waals surface area contributed by atoms with Gasteiger partial charge >= 0.3 is 0 Å². The highest BCUT2D eigenvalue weighted by Crippen LogP contribution is 2.41. The summed E-state index contributed by atoms with van der Waals surface area (Å²) in [6.45, 7) is 1.44. The molecule has 2 atom stereocenters. The van der Waals surface area contributed by atoms with Crippen LogP contribution >= 0.6 is 23.2 Å². The Labute approximate surface area is 179 Å². The minimum atomic E-state index is -0.00320. The van der Waals surface area contributed by atoms with Crippen LogP contribution in [0, 0.1) is 17.2 Å². The number of rotatable bonds is 2. The second-order valence-electron chi connectivity index (χ2n) is 7.98. The predicted molar refractivity (Wildman–Crippen MR) is 114 cm³/mol. The number of hydrogen-bond acceptors (Lipinski definition) is 3. The Morgan fingerprint density at radius 3 is 2.86 bits per heavy atom. The summed E-state index contributed by atoms with van der Waals surface area (Å²) in [4.78, 5) is 0. The number of aryl methyl sites for hydroxylation is 1. The summed E-state index contributed by atoms with van der Waals surface area (Å²) in [5.41, 5.74) is 4.16. The van der Waals surface area contributed by atoms with E-state index in [1.54, 1.807) is 0 Å². The van der Waals surface area contributed by atoms with Crippen LogP contribution in [0.25, 0.3) is 22.0 Å². The molecule has 5 nitrogen and oxygen atoms in total. The quantitative estimate of drug-likeness (QED) is 0.503. The number of hydrogen-bond donors (Lipinski definition) is 0. The molecular formula is C22H22Cl2N4O. The van der Waals surface area contributed by atoms with E-state index in [0.29, 0.717) is 16.6 Å². The van der Waals surface area contributed by atoms with E-state index < -0.39 is 0 Å². The summed E-state index contributed by atoms with van der Waals surface area (Å²) in [6.07, 6.45) is 10.0. The second-order valence-corrected chi connectivity index (χ2v) is 8.76. The van der Waals surface area contributed by atoms with Gasteiger partial charge in [-0.25, -0.2) is 4.68 Å². The van der Waals surface area contributed by atoms with Crippen molar-refractivity contribution in [1.82, 2.24) is 14.3 Å². The highest BCUT2D eigenvalue weighted by molar-refractivity contribution is 6.45. The van der Waals surface area contributed by atoms with Gasteiger partial charge in [0.1, 0.15) is 6.23 Å². The van der Waals surface area contributed by atoms with E-state index in [-0.39, 0.29) is 12.1 Å². The van der Waals surface area contributed by atoms with E-state index in [4.69, 9.17) is 27.9 Å². The average molecular weight is 429 g/mol. The van der Waals surface area contributed by atoms with Crippen molar-refractivity contribution >= 4 is 34.1 Å². The molecule has 29 heavy (non-hydrogen) atoms. The van der Waals surface area contributed by atoms with Gasteiger partial charge in [0.05, 0.1) is 33.7 Å². The Morgan fingerprint density at radius 2 is 2.07 bits per heavy atom. The molecule has 150 valence electrons. The Kier molecular flexibility index (Phi) is 5.03. The molecular weight excluding hydrogens is 407 g/mol. The monoisotopic (exact) mass is 428 g/mol. The summed E-state index contributed by atoms with van der Waals surface area (Å²) in [7, 11) is 0. The van der Waals surface area contributed by atoms with Crippen molar-refractivity contribution in [3.8, 4) is 17.2 Å². The van der Waals surface area contributed by atoms with Crippen LogP contribution in [-0.2, 0) is 17.7 Å². The Balaban J connectivity index is 1.63. The number of nitrogens with zero attached hydrogens (tertiary/aromatic N) is 4. The van der Waals surface area contributed by atoms with Gasteiger partial charge in [0.25, 0.3) is 0 Å². The van der Waals surface area contributed by atoms with Crippen molar-refractivity contribution in [2.45, 2.75) is 51.3 Å². The maximum atomic E-state index is 9.49. The lowest BCUT2D eigenvalue weighted by Gasteiger charge is -2.22. The highest BCUT2D eigenvalue weighted by atomic mass is 35.5. The van der Waals surface area contributed by atoms with Crippen molar-refractivity contribution in [2.24, 2.45) is 5.92 Å². The van der Waals surface area contributed by atoms with Crippen LogP contribution < -0.4 is 0 Å². The molecule has 0 bridgehead atoms. The lowest BCUT2D eigenvalue weighted by molar-refractivity contribution is -0.0394. The SMILES string of the molecule is N#CC1CCCc2cc3c(-c4cnn(C5CCCCO5)c4)cc(Cl)c(Cl)c3n2C1. The number of aromatic nitrogens is 3. The minimum Gasteiger partial charge on any atom is -0.357 e. The van der Waals surface area contributed by atoms with Gasteiger partial charge in [-0.3, -0.25) is 0 Å². The van der Waals surface area contributed by atoms with Crippen LogP contribution in [0.2, 0.25) is 10.0 Å². The largest absolute Gasteiger partial charge is 0.357 e. The smallest absolute Gasteiger partial charge is 0.150 e. The number of nitriles is 1. The molecule has 0 saturated carbocycles. The van der Waals surface area contributed by atoms with Crippen LogP contribution in [0.4, 0.5) is 0 Å². The van der Waals surface area contributed by atoms with Crippen LogP contribution in [0.1, 0.15) is 44.0 Å². The summed E-state index contributed by atoms with van der Waals surface area (Å²) in [6, 6.07) is 6.57. The van der Waals surface area contributed by atoms with E-state index in [0.717, 1.165) is 67.2 Å². The molecule has 0 spiro atoms. The first-order chi connectivity index (χ1) is 14.2. The molecule has 5 rings (SSSR count). The zero-order valence-electron chi connectivity index (χ0n) is 16.1. The second kappa shape index (κ2) is 7.68. The van der Waals surface area contributed by atoms with Crippen LogP contribution in [0.5, 0.6) is 0 Å². The average Bonchev–Trinajstić information content (AvgIpc) is 3.31. The molecule has 0 radical (unpaired) electrons. The molecule has 2 aliphatic rings. The summed E-state index contributed by atoms with van der Waals surface area (Å²) >= 11 is 13.2. The molecule has 2 aliphatic heterocycles. The van der Waals surface area contributed by atoms with Gasteiger partial charge < -0.3 is 9.30 Å². The normalized spacial score (nSPS) is 22.2. The number of ether oxygens (including phenoxy) is 1. The van der Waals surface area contributed by atoms with Gasteiger partial charge in [0.2, 0.25) is 0 Å². The lowest BCUT2D eigenvalue weighted by atomic mass is 10.0.